The van der Waals surface area contributed by atoms with Gasteiger partial charge >= 0.3 is 13.6 Å². The third-order valence-corrected chi connectivity index (χ3v) is 11.6. The van der Waals surface area contributed by atoms with Gasteiger partial charge in [-0.3, -0.25) is 9.55 Å². The van der Waals surface area contributed by atoms with E-state index in [-0.39, 0.29) is 24.0 Å². The lowest BCUT2D eigenvalue weighted by Gasteiger charge is -2.42. The van der Waals surface area contributed by atoms with Gasteiger partial charge in [-0.15, -0.1) is 0 Å². The van der Waals surface area contributed by atoms with E-state index < -0.39 is 19.4 Å². The molecule has 0 spiro atoms. The van der Waals surface area contributed by atoms with E-state index in [4.69, 9.17) is 13.8 Å². The number of carbonyl (C=O) groups excluding carboxylic acids is 1. The molecule has 2 saturated carbocycles. The number of benzene rings is 1. The van der Waals surface area contributed by atoms with Crippen molar-refractivity contribution in [1.82, 2.24) is 4.98 Å². The zero-order valence-corrected chi connectivity index (χ0v) is 27.1. The first-order valence-electron chi connectivity index (χ1n) is 15.9. The third kappa shape index (κ3) is 8.65. The first kappa shape index (κ1) is 32.6. The number of nitrogens with zero attached hydrogens (tertiary/aromatic N) is 1. The van der Waals surface area contributed by atoms with E-state index in [9.17, 15) is 4.79 Å². The molecule has 2 aliphatic rings. The summed E-state index contributed by atoms with van der Waals surface area (Å²) >= 11 is 0. The fourth-order valence-corrected chi connectivity index (χ4v) is 8.72. The molecule has 0 saturated heterocycles. The maximum absolute atomic E-state index is 15.3. The summed E-state index contributed by atoms with van der Waals surface area (Å²) in [5, 5.41) is 0. The number of hydrogen-bond donors (Lipinski definition) is 0. The van der Waals surface area contributed by atoms with Crippen LogP contribution < -0.4 is 0 Å². The van der Waals surface area contributed by atoms with E-state index in [2.05, 4.69) is 46.5 Å². The van der Waals surface area contributed by atoms with Gasteiger partial charge in [0.1, 0.15) is 0 Å². The number of carbonyl (C=O) groups is 1. The second-order valence-corrected chi connectivity index (χ2v) is 15.2. The lowest BCUT2D eigenvalue weighted by Crippen LogP contribution is -2.35. The lowest BCUT2D eigenvalue weighted by molar-refractivity contribution is -0.141. The molecule has 0 amide bonds. The van der Waals surface area contributed by atoms with Crippen molar-refractivity contribution in [2.75, 3.05) is 0 Å². The molecule has 2 aromatic rings. The highest BCUT2D eigenvalue weighted by Gasteiger charge is 2.48. The molecule has 1 aromatic heterocycles. The van der Waals surface area contributed by atoms with Crippen molar-refractivity contribution in [1.29, 1.82) is 0 Å². The van der Waals surface area contributed by atoms with E-state index in [1.54, 1.807) is 30.6 Å². The molecule has 0 aliphatic heterocycles. The molecule has 7 heteroatoms. The van der Waals surface area contributed by atoms with Crippen molar-refractivity contribution in [2.24, 2.45) is 35.5 Å². The second kappa shape index (κ2) is 14.9. The Morgan fingerprint density at radius 1 is 0.857 bits per heavy atom. The van der Waals surface area contributed by atoms with Crippen molar-refractivity contribution >= 4 is 19.6 Å². The minimum absolute atomic E-state index is 0.215. The highest BCUT2D eigenvalue weighted by molar-refractivity contribution is 7.54. The van der Waals surface area contributed by atoms with Crippen LogP contribution in [0.4, 0.5) is 0 Å². The molecule has 0 N–H and O–H groups in total. The smallest absolute Gasteiger partial charge is 0.376 e. The molecule has 2 aliphatic carbocycles. The zero-order valence-electron chi connectivity index (χ0n) is 26.2. The standard InChI is InChI=1S/C35H50NO5P/c1-24(2)29-17-14-26(5)32(21-29)40-42(38,41-33-22-30(25(3)4)18-15-27(33)6)35(31-13-10-20-36-23-31)39-34(37)19-16-28-11-8-7-9-12-28/h7-13,16,19-20,23-27,29-30,32-33,35H,14-15,17-18,21-22H2,1-6H3/b19-16-. The minimum atomic E-state index is -4.04. The SMILES string of the molecule is CC(C)C1CCC(C)C(OP(=O)(OC2CC(C(C)C)CCC2C)C(OC(=O)/C=C\c2ccccc2)c2cccnc2)C1. The number of ether oxygens (including phenoxy) is 1. The number of esters is 1. The van der Waals surface area contributed by atoms with E-state index in [0.717, 1.165) is 44.1 Å². The molecule has 0 radical (unpaired) electrons. The van der Waals surface area contributed by atoms with E-state index in [1.165, 1.54) is 6.08 Å². The van der Waals surface area contributed by atoms with Gasteiger partial charge < -0.3 is 13.8 Å². The van der Waals surface area contributed by atoms with Gasteiger partial charge in [0, 0.05) is 24.0 Å². The predicted molar refractivity (Wildman–Crippen MR) is 169 cm³/mol. The van der Waals surface area contributed by atoms with Crippen LogP contribution in [0.25, 0.3) is 6.08 Å². The first-order valence-corrected chi connectivity index (χ1v) is 17.5. The van der Waals surface area contributed by atoms with Crippen LogP contribution in [0, 0.1) is 35.5 Å². The van der Waals surface area contributed by atoms with Crippen LogP contribution in [0.1, 0.15) is 97.0 Å². The average Bonchev–Trinajstić information content (AvgIpc) is 2.98. The Morgan fingerprint density at radius 3 is 1.93 bits per heavy atom. The molecule has 42 heavy (non-hydrogen) atoms. The van der Waals surface area contributed by atoms with Crippen LogP contribution in [-0.4, -0.2) is 23.2 Å². The second-order valence-electron chi connectivity index (χ2n) is 13.2. The van der Waals surface area contributed by atoms with E-state index >= 15 is 4.57 Å². The summed E-state index contributed by atoms with van der Waals surface area (Å²) in [6.07, 6.45) is 11.7. The Labute approximate surface area is 253 Å². The van der Waals surface area contributed by atoms with Gasteiger partial charge in [-0.05, 0) is 91.7 Å². The molecule has 4 rings (SSSR count). The molecule has 6 nitrogen and oxygen atoms in total. The van der Waals surface area contributed by atoms with E-state index in [0.29, 0.717) is 29.2 Å². The summed E-state index contributed by atoms with van der Waals surface area (Å²) in [4.78, 5) is 17.6. The van der Waals surface area contributed by atoms with Crippen LogP contribution in [0.15, 0.2) is 60.9 Å². The highest BCUT2D eigenvalue weighted by atomic mass is 31.2. The summed E-state index contributed by atoms with van der Waals surface area (Å²) in [6, 6.07) is 13.1. The van der Waals surface area contributed by atoms with Crippen molar-refractivity contribution in [2.45, 2.75) is 98.1 Å². The topological polar surface area (TPSA) is 74.7 Å². The first-order chi connectivity index (χ1) is 20.1. The number of rotatable bonds is 11. The van der Waals surface area contributed by atoms with Gasteiger partial charge in [0.2, 0.25) is 5.85 Å². The van der Waals surface area contributed by atoms with Gasteiger partial charge in [-0.25, -0.2) is 4.79 Å². The fourth-order valence-electron chi connectivity index (χ4n) is 6.36. The molecular weight excluding hydrogens is 545 g/mol. The Bertz CT molecular complexity index is 1160. The number of hydrogen-bond acceptors (Lipinski definition) is 6. The van der Waals surface area contributed by atoms with Crippen LogP contribution >= 0.6 is 7.60 Å². The predicted octanol–water partition coefficient (Wildman–Crippen LogP) is 9.48. The zero-order chi connectivity index (χ0) is 30.3. The molecule has 230 valence electrons. The average molecular weight is 596 g/mol. The minimum Gasteiger partial charge on any atom is -0.441 e. The molecule has 7 unspecified atom stereocenters. The van der Waals surface area contributed by atoms with Crippen LogP contribution in [0.2, 0.25) is 0 Å². The van der Waals surface area contributed by atoms with Gasteiger partial charge in [0.25, 0.3) is 0 Å². The van der Waals surface area contributed by atoms with Crippen molar-refractivity contribution < 1.29 is 23.1 Å². The molecule has 1 heterocycles. The third-order valence-electron chi connectivity index (χ3n) is 9.47. The van der Waals surface area contributed by atoms with Gasteiger partial charge in [0.05, 0.1) is 12.2 Å². The summed E-state index contributed by atoms with van der Waals surface area (Å²) in [6.45, 7) is 13.3. The highest BCUT2D eigenvalue weighted by Crippen LogP contribution is 2.65. The molecule has 1 aromatic carbocycles. The van der Waals surface area contributed by atoms with Crippen LogP contribution in [0.5, 0.6) is 0 Å². The summed E-state index contributed by atoms with van der Waals surface area (Å²) in [5.41, 5.74) is 1.38. The fraction of sp³-hybridized carbons (Fsp3) is 0.600. The maximum Gasteiger partial charge on any atom is 0.376 e. The Kier molecular flexibility index (Phi) is 11.6. The summed E-state index contributed by atoms with van der Waals surface area (Å²) < 4.78 is 34.8. The molecule has 2 fully saturated rings. The Balaban J connectivity index is 1.69. The van der Waals surface area contributed by atoms with Crippen molar-refractivity contribution in [3.63, 3.8) is 0 Å². The summed E-state index contributed by atoms with van der Waals surface area (Å²) in [5.74, 6) is 0.567. The molecular formula is C35H50NO5P. The number of pyridine rings is 1. The van der Waals surface area contributed by atoms with Crippen molar-refractivity contribution in [3.8, 4) is 0 Å². The lowest BCUT2D eigenvalue weighted by atomic mass is 9.76. The van der Waals surface area contributed by atoms with Crippen LogP contribution in [0.3, 0.4) is 0 Å². The van der Waals surface area contributed by atoms with Crippen LogP contribution in [-0.2, 0) is 23.1 Å². The van der Waals surface area contributed by atoms with E-state index in [1.807, 2.05) is 30.3 Å². The quantitative estimate of drug-likeness (QED) is 0.146. The van der Waals surface area contributed by atoms with Gasteiger partial charge in [-0.1, -0.05) is 77.9 Å². The summed E-state index contributed by atoms with van der Waals surface area (Å²) in [7, 11) is -4.04. The monoisotopic (exact) mass is 595 g/mol. The van der Waals surface area contributed by atoms with Gasteiger partial charge in [0.15, 0.2) is 0 Å². The maximum atomic E-state index is 15.3. The largest absolute Gasteiger partial charge is 0.441 e. The van der Waals surface area contributed by atoms with Crippen molar-refractivity contribution in [3.05, 3.63) is 72.1 Å². The number of aromatic nitrogens is 1. The normalized spacial score (nSPS) is 29.0. The van der Waals surface area contributed by atoms with Gasteiger partial charge in [-0.2, -0.15) is 0 Å². The molecule has 7 atom stereocenters. The molecule has 0 bridgehead atoms. The Hall–Kier alpha value is -2.27. The Morgan fingerprint density at radius 2 is 1.43 bits per heavy atom.